The molecule has 0 aliphatic carbocycles. The van der Waals surface area contributed by atoms with E-state index >= 15 is 0 Å². The van der Waals surface area contributed by atoms with Gasteiger partial charge >= 0.3 is 5.97 Å². The third kappa shape index (κ3) is 3.99. The molecule has 146 valence electrons. The fourth-order valence-corrected chi connectivity index (χ4v) is 3.42. The topological polar surface area (TPSA) is 64.4 Å². The van der Waals surface area contributed by atoms with Crippen molar-refractivity contribution in [1.29, 1.82) is 0 Å². The number of hydrogen-bond donors (Lipinski definition) is 1. The molecule has 0 saturated carbocycles. The van der Waals surface area contributed by atoms with Crippen LogP contribution in [0.2, 0.25) is 0 Å². The predicted octanol–water partition coefficient (Wildman–Crippen LogP) is 4.90. The van der Waals surface area contributed by atoms with Crippen molar-refractivity contribution in [2.24, 2.45) is 5.92 Å². The van der Waals surface area contributed by atoms with Crippen LogP contribution in [0.1, 0.15) is 31.9 Å². The summed E-state index contributed by atoms with van der Waals surface area (Å²) in [6.07, 6.45) is 2.51. The van der Waals surface area contributed by atoms with Gasteiger partial charge in [-0.05, 0) is 30.0 Å². The second-order valence-corrected chi connectivity index (χ2v) is 7.10. The quantitative estimate of drug-likeness (QED) is 0.446. The van der Waals surface area contributed by atoms with Gasteiger partial charge in [-0.2, -0.15) is 0 Å². The number of methoxy groups -OCH3 is 1. The number of esters is 1. The van der Waals surface area contributed by atoms with Gasteiger partial charge in [0.25, 0.3) is 0 Å². The molecule has 0 bridgehead atoms. The Kier molecular flexibility index (Phi) is 6.26. The van der Waals surface area contributed by atoms with E-state index in [4.69, 9.17) is 9.26 Å². The molecule has 1 aromatic heterocycles. The molecule has 0 fully saturated rings. The van der Waals surface area contributed by atoms with Crippen LogP contribution in [-0.4, -0.2) is 24.3 Å². The zero-order chi connectivity index (χ0) is 20.1. The van der Waals surface area contributed by atoms with Crippen LogP contribution in [-0.2, 0) is 9.53 Å². The number of nitrogens with zero attached hydrogens (tertiary/aromatic N) is 1. The van der Waals surface area contributed by atoms with Gasteiger partial charge in [-0.1, -0.05) is 61.5 Å². The number of benzene rings is 2. The maximum Gasteiger partial charge on any atom is 0.323 e. The lowest BCUT2D eigenvalue weighted by Crippen LogP contribution is -2.43. The molecule has 5 nitrogen and oxygen atoms in total. The number of para-hydroxylation sites is 1. The Morgan fingerprint density at radius 2 is 1.93 bits per heavy atom. The third-order valence-electron chi connectivity index (χ3n) is 4.87. The van der Waals surface area contributed by atoms with E-state index in [2.05, 4.69) is 23.1 Å². The van der Waals surface area contributed by atoms with E-state index in [9.17, 15) is 4.79 Å². The first kappa shape index (κ1) is 19.8. The van der Waals surface area contributed by atoms with E-state index in [0.717, 1.165) is 27.8 Å². The van der Waals surface area contributed by atoms with Gasteiger partial charge in [0.05, 0.1) is 7.11 Å². The van der Waals surface area contributed by atoms with E-state index in [-0.39, 0.29) is 17.9 Å². The molecule has 3 aromatic rings. The number of nitrogens with one attached hydrogen (secondary N) is 1. The lowest BCUT2D eigenvalue weighted by atomic mass is 9.93. The number of carbonyl (C=O) groups excluding carboxylic acids is 1. The van der Waals surface area contributed by atoms with Gasteiger partial charge in [-0.3, -0.25) is 10.1 Å². The summed E-state index contributed by atoms with van der Waals surface area (Å²) in [5, 5.41) is 8.74. The molecule has 2 aromatic carbocycles. The molecule has 0 saturated heterocycles. The molecule has 0 amide bonds. The van der Waals surface area contributed by atoms with Crippen LogP contribution in [0.5, 0.6) is 0 Å². The molecule has 0 aliphatic rings. The average Bonchev–Trinajstić information content (AvgIpc) is 3.14. The summed E-state index contributed by atoms with van der Waals surface area (Å²) < 4.78 is 10.5. The molecule has 28 heavy (non-hydrogen) atoms. The number of hydrogen-bond acceptors (Lipinski definition) is 5. The highest BCUT2D eigenvalue weighted by atomic mass is 16.5. The molecule has 1 heterocycles. The summed E-state index contributed by atoms with van der Waals surface area (Å²) in [7, 11) is 1.41. The minimum absolute atomic E-state index is 0.0832. The van der Waals surface area contributed by atoms with E-state index in [1.54, 1.807) is 0 Å². The number of ether oxygens (including phenoxy) is 1. The Labute approximate surface area is 165 Å². The Hall–Kier alpha value is -2.92. The van der Waals surface area contributed by atoms with E-state index in [1.165, 1.54) is 7.11 Å². The van der Waals surface area contributed by atoms with Gasteiger partial charge in [0, 0.05) is 17.0 Å². The highest BCUT2D eigenvalue weighted by molar-refractivity contribution is 5.92. The Morgan fingerprint density at radius 3 is 2.64 bits per heavy atom. The minimum atomic E-state index is -0.419. The summed E-state index contributed by atoms with van der Waals surface area (Å²) in [6, 6.07) is 15.3. The zero-order valence-corrected chi connectivity index (χ0v) is 16.5. The van der Waals surface area contributed by atoms with Crippen LogP contribution in [0.15, 0.2) is 65.7 Å². The fraction of sp³-hybridized carbons (Fsp3) is 0.304. The van der Waals surface area contributed by atoms with Gasteiger partial charge in [-0.25, -0.2) is 0 Å². The van der Waals surface area contributed by atoms with Crippen molar-refractivity contribution in [2.45, 2.75) is 32.4 Å². The van der Waals surface area contributed by atoms with Crippen molar-refractivity contribution in [3.05, 3.63) is 66.7 Å². The average molecular weight is 378 g/mol. The van der Waals surface area contributed by atoms with E-state index in [0.29, 0.717) is 6.42 Å². The Morgan fingerprint density at radius 1 is 1.21 bits per heavy atom. The van der Waals surface area contributed by atoms with Gasteiger partial charge < -0.3 is 9.26 Å². The van der Waals surface area contributed by atoms with E-state index in [1.807, 2.05) is 62.4 Å². The van der Waals surface area contributed by atoms with Gasteiger partial charge in [0.15, 0.2) is 5.58 Å². The minimum Gasteiger partial charge on any atom is -0.468 e. The zero-order valence-electron chi connectivity index (χ0n) is 16.5. The lowest BCUT2D eigenvalue weighted by molar-refractivity contribution is -0.144. The Balaban J connectivity index is 2.05. The van der Waals surface area contributed by atoms with Gasteiger partial charge in [0.2, 0.25) is 0 Å². The maximum atomic E-state index is 12.3. The van der Waals surface area contributed by atoms with Crippen LogP contribution in [0.4, 0.5) is 0 Å². The predicted molar refractivity (Wildman–Crippen MR) is 111 cm³/mol. The van der Waals surface area contributed by atoms with Crippen LogP contribution >= 0.6 is 0 Å². The fourth-order valence-electron chi connectivity index (χ4n) is 3.42. The SMILES string of the molecule is C=CC[C@H](N[C@H](C(=O)OC)C(C)C)c1ccccc1-c1noc2ccccc12. The monoisotopic (exact) mass is 378 g/mol. The molecular formula is C23H26N2O3. The van der Waals surface area contributed by atoms with Crippen LogP contribution in [0, 0.1) is 5.92 Å². The molecule has 3 rings (SSSR count). The molecular weight excluding hydrogens is 352 g/mol. The van der Waals surface area contributed by atoms with Crippen LogP contribution in [0.3, 0.4) is 0 Å². The van der Waals surface area contributed by atoms with Crippen molar-refractivity contribution in [2.75, 3.05) is 7.11 Å². The smallest absolute Gasteiger partial charge is 0.323 e. The number of rotatable bonds is 8. The summed E-state index contributed by atoms with van der Waals surface area (Å²) in [4.78, 5) is 12.3. The van der Waals surface area contributed by atoms with Crippen molar-refractivity contribution < 1.29 is 14.1 Å². The van der Waals surface area contributed by atoms with Gasteiger partial charge in [0.1, 0.15) is 11.7 Å². The normalized spacial score (nSPS) is 13.4. The third-order valence-corrected chi connectivity index (χ3v) is 4.87. The van der Waals surface area contributed by atoms with Gasteiger partial charge in [-0.15, -0.1) is 6.58 Å². The standard InChI is InChI=1S/C23H26N2O3/c1-5-10-19(24-21(15(2)3)23(26)27-4)16-11-6-7-12-17(16)22-18-13-8-9-14-20(18)28-25-22/h5-9,11-15,19,21,24H,1,10H2,2-4H3/t19-,21-/m0/s1. The second kappa shape index (κ2) is 8.85. The summed E-state index contributed by atoms with van der Waals surface area (Å²) in [5.74, 6) is -0.187. The molecule has 1 N–H and O–H groups in total. The molecule has 0 unspecified atom stereocenters. The number of fused-ring (bicyclic) bond motifs is 1. The van der Waals surface area contributed by atoms with Crippen molar-refractivity contribution in [1.82, 2.24) is 10.5 Å². The van der Waals surface area contributed by atoms with Crippen molar-refractivity contribution >= 4 is 16.9 Å². The highest BCUT2D eigenvalue weighted by Gasteiger charge is 2.28. The first-order chi connectivity index (χ1) is 13.6. The van der Waals surface area contributed by atoms with Crippen molar-refractivity contribution in [3.8, 4) is 11.3 Å². The molecule has 0 radical (unpaired) electrons. The maximum absolute atomic E-state index is 12.3. The highest BCUT2D eigenvalue weighted by Crippen LogP contribution is 2.34. The largest absolute Gasteiger partial charge is 0.468 e. The first-order valence-corrected chi connectivity index (χ1v) is 9.45. The lowest BCUT2D eigenvalue weighted by Gasteiger charge is -2.27. The molecule has 0 aliphatic heterocycles. The molecule has 5 heteroatoms. The first-order valence-electron chi connectivity index (χ1n) is 9.45. The van der Waals surface area contributed by atoms with Crippen LogP contribution in [0.25, 0.3) is 22.2 Å². The van der Waals surface area contributed by atoms with E-state index < -0.39 is 6.04 Å². The Bertz CT molecular complexity index is 961. The summed E-state index contributed by atoms with van der Waals surface area (Å²) in [5.41, 5.74) is 3.55. The second-order valence-electron chi connectivity index (χ2n) is 7.10. The molecule has 0 spiro atoms. The van der Waals surface area contributed by atoms with Crippen molar-refractivity contribution in [3.63, 3.8) is 0 Å². The molecule has 2 atom stereocenters. The summed E-state index contributed by atoms with van der Waals surface area (Å²) in [6.45, 7) is 7.89. The van der Waals surface area contributed by atoms with Crippen LogP contribution < -0.4 is 5.32 Å². The summed E-state index contributed by atoms with van der Waals surface area (Å²) >= 11 is 0. The number of carbonyl (C=O) groups is 1. The number of aromatic nitrogens is 1.